The number of thiazole rings is 1. The quantitative estimate of drug-likeness (QED) is 0.128. The van der Waals surface area contributed by atoms with Crippen LogP contribution in [0.2, 0.25) is 0 Å². The highest BCUT2D eigenvalue weighted by molar-refractivity contribution is 7.14. The lowest BCUT2D eigenvalue weighted by Gasteiger charge is -2.34. The Morgan fingerprint density at radius 1 is 1.30 bits per heavy atom. The third-order valence-corrected chi connectivity index (χ3v) is 4.55. The molecule has 13 nitrogen and oxygen atoms in total. The first-order valence-corrected chi connectivity index (χ1v) is 9.49. The first-order chi connectivity index (χ1) is 14.3. The van der Waals surface area contributed by atoms with Gasteiger partial charge in [0.1, 0.15) is 17.6 Å². The molecule has 3 amide bonds. The summed E-state index contributed by atoms with van der Waals surface area (Å²) in [7, 11) is 2.27. The summed E-state index contributed by atoms with van der Waals surface area (Å²) < 4.78 is 8.95. The van der Waals surface area contributed by atoms with Crippen molar-refractivity contribution in [3.63, 3.8) is 0 Å². The summed E-state index contributed by atoms with van der Waals surface area (Å²) in [5.41, 5.74) is -0.438. The Morgan fingerprint density at radius 2 is 2.03 bits per heavy atom. The summed E-state index contributed by atoms with van der Waals surface area (Å²) in [4.78, 5) is 67.4. The predicted molar refractivity (Wildman–Crippen MR) is 102 cm³/mol. The largest absolute Gasteiger partial charge is 0.467 e. The number of oxime groups is 1. The summed E-state index contributed by atoms with van der Waals surface area (Å²) in [5.74, 6) is -3.86. The lowest BCUT2D eigenvalue weighted by Crippen LogP contribution is -2.72. The van der Waals surface area contributed by atoms with Gasteiger partial charge >= 0.3 is 11.9 Å². The summed E-state index contributed by atoms with van der Waals surface area (Å²) in [6, 6.07) is -2.28. The molecule has 3 N–H and O–H groups in total. The highest BCUT2D eigenvalue weighted by Crippen LogP contribution is 2.17. The van der Waals surface area contributed by atoms with E-state index < -0.39 is 54.1 Å². The molecule has 1 aromatic rings. The third kappa shape index (κ3) is 5.64. The second-order valence-corrected chi connectivity index (χ2v) is 6.60. The number of anilines is 1. The van der Waals surface area contributed by atoms with E-state index in [1.165, 1.54) is 5.38 Å². The molecule has 1 fully saturated rings. The fourth-order valence-corrected chi connectivity index (χ4v) is 2.85. The van der Waals surface area contributed by atoms with Crippen LogP contribution in [-0.4, -0.2) is 79.1 Å². The minimum atomic E-state index is -1.20. The molecule has 0 radical (unpaired) electrons. The number of β-lactam (4-membered cyclic amide) rings is 1. The van der Waals surface area contributed by atoms with Gasteiger partial charge in [-0.25, -0.2) is 14.6 Å². The Bertz CT molecular complexity index is 888. The maximum atomic E-state index is 12.7. The van der Waals surface area contributed by atoms with E-state index in [0.717, 1.165) is 25.6 Å². The van der Waals surface area contributed by atoms with E-state index >= 15 is 0 Å². The summed E-state index contributed by atoms with van der Waals surface area (Å²) in [6.45, 7) is -0.595. The number of carbonyl (C=O) groups is 5. The number of nitrogens with zero attached hydrogens (tertiary/aromatic N) is 2. The van der Waals surface area contributed by atoms with E-state index in [-0.39, 0.29) is 16.7 Å². The number of rotatable bonds is 9. The van der Waals surface area contributed by atoms with Crippen molar-refractivity contribution in [3.05, 3.63) is 11.1 Å². The second kappa shape index (κ2) is 10.5. The van der Waals surface area contributed by atoms with E-state index in [0.29, 0.717) is 0 Å². The number of esters is 2. The highest BCUT2D eigenvalue weighted by Gasteiger charge is 2.46. The first-order valence-electron chi connectivity index (χ1n) is 8.08. The summed E-state index contributed by atoms with van der Waals surface area (Å²) in [6.07, 6.45) is 0. The van der Waals surface area contributed by atoms with Crippen molar-refractivity contribution in [2.45, 2.75) is 12.1 Å². The lowest BCUT2D eigenvalue weighted by atomic mass is 9.99. The fraction of sp³-hybridized carbons (Fsp3) is 0.400. The van der Waals surface area contributed by atoms with Gasteiger partial charge in [0.25, 0.3) is 5.91 Å². The molecular formula is C15H16ClN5O8S. The average molecular weight is 462 g/mol. The van der Waals surface area contributed by atoms with Crippen LogP contribution in [0.25, 0.3) is 0 Å². The van der Waals surface area contributed by atoms with Crippen LogP contribution in [0.3, 0.4) is 0 Å². The zero-order valence-electron chi connectivity index (χ0n) is 15.6. The Labute approximate surface area is 178 Å². The molecule has 1 aliphatic heterocycles. The molecule has 15 heteroatoms. The molecule has 0 aliphatic carbocycles. The molecule has 0 spiro atoms. The van der Waals surface area contributed by atoms with Crippen LogP contribution in [0.4, 0.5) is 5.13 Å². The molecule has 1 aromatic heterocycles. The van der Waals surface area contributed by atoms with Crippen molar-refractivity contribution >= 4 is 63.4 Å². The van der Waals surface area contributed by atoms with Crippen LogP contribution in [0.5, 0.6) is 0 Å². The monoisotopic (exact) mass is 461 g/mol. The normalized spacial score (nSPS) is 17.8. The van der Waals surface area contributed by atoms with Crippen LogP contribution in [0.1, 0.15) is 5.69 Å². The fourth-order valence-electron chi connectivity index (χ4n) is 2.07. The van der Waals surface area contributed by atoms with Gasteiger partial charge in [0.2, 0.25) is 18.4 Å². The standard InChI is InChI=1S/C15H16ClN5O8S/c1-27-8(23)4-29-21-9(6-5-30-15(17-6)18-7(22)3-16)12(24)19-10-11(14(26)28-2)20-13(10)25/h5,10-11H,3-4H2,1-2H3,(H,19,24)(H,20,25)(H,17,18,22)/b21-9+/t10-,11-/m1/s1. The molecule has 0 aromatic carbocycles. The van der Waals surface area contributed by atoms with Crippen LogP contribution in [0, 0.1) is 0 Å². The van der Waals surface area contributed by atoms with Crippen molar-refractivity contribution in [3.8, 4) is 0 Å². The van der Waals surface area contributed by atoms with Gasteiger partial charge in [-0.15, -0.1) is 22.9 Å². The number of aromatic nitrogens is 1. The Morgan fingerprint density at radius 3 is 2.63 bits per heavy atom. The van der Waals surface area contributed by atoms with Gasteiger partial charge < -0.3 is 30.3 Å². The van der Waals surface area contributed by atoms with Crippen LogP contribution in [-0.2, 0) is 38.3 Å². The molecule has 0 unspecified atom stereocenters. The number of carbonyl (C=O) groups excluding carboxylic acids is 5. The summed E-state index contributed by atoms with van der Waals surface area (Å²) >= 11 is 6.38. The van der Waals surface area contributed by atoms with Crippen molar-refractivity contribution in [2.24, 2.45) is 5.16 Å². The van der Waals surface area contributed by atoms with Gasteiger partial charge in [-0.05, 0) is 0 Å². The summed E-state index contributed by atoms with van der Waals surface area (Å²) in [5, 5.41) is 12.1. The minimum absolute atomic E-state index is 0.0263. The van der Waals surface area contributed by atoms with Gasteiger partial charge in [-0.3, -0.25) is 14.4 Å². The smallest absolute Gasteiger partial charge is 0.346 e. The molecule has 162 valence electrons. The number of ether oxygens (including phenoxy) is 2. The van der Waals surface area contributed by atoms with Crippen molar-refractivity contribution in [1.82, 2.24) is 15.6 Å². The molecule has 2 rings (SSSR count). The maximum absolute atomic E-state index is 12.7. The van der Waals surface area contributed by atoms with Gasteiger partial charge in [0, 0.05) is 5.38 Å². The predicted octanol–water partition coefficient (Wildman–Crippen LogP) is -1.63. The van der Waals surface area contributed by atoms with Gasteiger partial charge in [-0.1, -0.05) is 5.16 Å². The molecule has 2 heterocycles. The van der Waals surface area contributed by atoms with Crippen molar-refractivity contribution in [2.75, 3.05) is 32.0 Å². The van der Waals surface area contributed by atoms with Crippen LogP contribution in [0.15, 0.2) is 10.5 Å². The highest BCUT2D eigenvalue weighted by atomic mass is 35.5. The number of amides is 3. The number of hydrogen-bond donors (Lipinski definition) is 3. The number of alkyl halides is 1. The van der Waals surface area contributed by atoms with Gasteiger partial charge in [0.15, 0.2) is 16.9 Å². The van der Waals surface area contributed by atoms with Gasteiger partial charge in [0.05, 0.1) is 14.2 Å². The average Bonchev–Trinajstić information content (AvgIpc) is 3.19. The Balaban J connectivity index is 2.20. The van der Waals surface area contributed by atoms with Gasteiger partial charge in [-0.2, -0.15) is 0 Å². The molecule has 0 bridgehead atoms. The molecule has 1 saturated heterocycles. The zero-order valence-corrected chi connectivity index (χ0v) is 17.2. The van der Waals surface area contributed by atoms with Crippen molar-refractivity contribution in [1.29, 1.82) is 0 Å². The molecule has 1 aliphatic rings. The van der Waals surface area contributed by atoms with E-state index in [1.807, 2.05) is 0 Å². The maximum Gasteiger partial charge on any atom is 0.346 e. The lowest BCUT2D eigenvalue weighted by molar-refractivity contribution is -0.153. The zero-order chi connectivity index (χ0) is 22.3. The van der Waals surface area contributed by atoms with Crippen LogP contribution >= 0.6 is 22.9 Å². The SMILES string of the molecule is COC(=O)CO/N=C(/C(=O)N[C@H]1C(=O)N[C@H]1C(=O)OC)c1csc(NC(=O)CCl)n1. The van der Waals surface area contributed by atoms with Crippen molar-refractivity contribution < 1.29 is 38.3 Å². The van der Waals surface area contributed by atoms with E-state index in [2.05, 4.69) is 35.6 Å². The van der Waals surface area contributed by atoms with E-state index in [4.69, 9.17) is 16.4 Å². The molecule has 2 atom stereocenters. The van der Waals surface area contributed by atoms with E-state index in [1.54, 1.807) is 0 Å². The second-order valence-electron chi connectivity index (χ2n) is 5.47. The number of nitrogens with one attached hydrogen (secondary N) is 3. The first kappa shape index (κ1) is 23.0. The minimum Gasteiger partial charge on any atom is -0.467 e. The number of hydrogen-bond acceptors (Lipinski definition) is 11. The number of halogens is 1. The van der Waals surface area contributed by atoms with Crippen LogP contribution < -0.4 is 16.0 Å². The topological polar surface area (TPSA) is 174 Å². The molecular weight excluding hydrogens is 446 g/mol. The third-order valence-electron chi connectivity index (χ3n) is 3.55. The Hall–Kier alpha value is -3.26. The Kier molecular flexibility index (Phi) is 8.06. The number of methoxy groups -OCH3 is 2. The molecule has 0 saturated carbocycles. The van der Waals surface area contributed by atoms with E-state index in [9.17, 15) is 24.0 Å². The molecule has 30 heavy (non-hydrogen) atoms.